The fraction of sp³-hybridized carbons (Fsp3) is 0.316. The first-order valence-corrected chi connectivity index (χ1v) is 7.96. The molecule has 0 spiro atoms. The molecule has 0 saturated heterocycles. The average Bonchev–Trinajstić information content (AvgIpc) is 2.64. The summed E-state index contributed by atoms with van der Waals surface area (Å²) in [6, 6.07) is 3.84. The largest absolute Gasteiger partial charge is 0.327 e. The van der Waals surface area contributed by atoms with Gasteiger partial charge in [-0.2, -0.15) is 10.5 Å². The molecule has 0 bridgehead atoms. The molecule has 0 unspecified atom stereocenters. The predicted molar refractivity (Wildman–Crippen MR) is 98.2 cm³/mol. The van der Waals surface area contributed by atoms with Gasteiger partial charge in [-0.25, -0.2) is 9.97 Å². The molecular weight excluding hydrogens is 312 g/mol. The number of nitrogens with two attached hydrogens (primary N) is 1. The summed E-state index contributed by atoms with van der Waals surface area (Å²) in [6.07, 6.45) is 0.751. The van der Waals surface area contributed by atoms with Gasteiger partial charge in [0.1, 0.15) is 12.1 Å². The lowest BCUT2D eigenvalue weighted by atomic mass is 9.88. The second-order valence-electron chi connectivity index (χ2n) is 5.82. The van der Waals surface area contributed by atoms with Crippen LogP contribution in [0.15, 0.2) is 28.4 Å². The summed E-state index contributed by atoms with van der Waals surface area (Å²) in [7, 11) is 0. The molecule has 6 heteroatoms. The van der Waals surface area contributed by atoms with Crippen LogP contribution >= 0.6 is 0 Å². The van der Waals surface area contributed by atoms with E-state index in [0.717, 1.165) is 34.5 Å². The van der Waals surface area contributed by atoms with Crippen molar-refractivity contribution in [3.05, 3.63) is 46.2 Å². The molecule has 1 aliphatic carbocycles. The predicted octanol–water partition coefficient (Wildman–Crippen LogP) is 3.12. The van der Waals surface area contributed by atoms with E-state index in [4.69, 9.17) is 10.7 Å². The molecule has 0 aromatic carbocycles. The topological polar surface area (TPSA) is 112 Å². The standard InChI is InChI=1S/C19H20N6/c1-6-14(10(2)7-20)23-17-11(3)12(4)18-19(13(17)5)25-16(9-22)15(8-21)24-18/h5-7,20H2,1-4H3/b14-10+,23-17?. The number of hydrogen-bond donors (Lipinski definition) is 1. The Kier molecular flexibility index (Phi) is 5.26. The normalized spacial score (nSPS) is 16.3. The molecule has 2 N–H and O–H groups in total. The molecule has 2 rings (SSSR count). The van der Waals surface area contributed by atoms with E-state index >= 15 is 0 Å². The maximum Gasteiger partial charge on any atom is 0.177 e. The molecule has 0 atom stereocenters. The SMILES string of the molecule is C=C1C(=N/C(CC)=C(\C)CN)C(C)=C(C)c2nc(C#N)c(C#N)nc21. The van der Waals surface area contributed by atoms with Crippen molar-refractivity contribution in [3.8, 4) is 12.1 Å². The van der Waals surface area contributed by atoms with Crippen molar-refractivity contribution in [2.24, 2.45) is 10.7 Å². The van der Waals surface area contributed by atoms with Crippen molar-refractivity contribution >= 4 is 16.9 Å². The Morgan fingerprint density at radius 1 is 1.12 bits per heavy atom. The van der Waals surface area contributed by atoms with Gasteiger partial charge in [-0.1, -0.05) is 13.5 Å². The lowest BCUT2D eigenvalue weighted by molar-refractivity contribution is 0.984. The van der Waals surface area contributed by atoms with Crippen molar-refractivity contribution < 1.29 is 0 Å². The van der Waals surface area contributed by atoms with Crippen LogP contribution in [0.2, 0.25) is 0 Å². The van der Waals surface area contributed by atoms with Gasteiger partial charge in [0, 0.05) is 17.8 Å². The zero-order valence-electron chi connectivity index (χ0n) is 14.9. The van der Waals surface area contributed by atoms with Gasteiger partial charge in [-0.05, 0) is 43.9 Å². The van der Waals surface area contributed by atoms with Gasteiger partial charge in [0.25, 0.3) is 0 Å². The molecule has 0 fully saturated rings. The molecule has 1 aromatic rings. The quantitative estimate of drug-likeness (QED) is 0.914. The van der Waals surface area contributed by atoms with Crippen molar-refractivity contribution in [1.82, 2.24) is 9.97 Å². The van der Waals surface area contributed by atoms with Crippen LogP contribution in [0.4, 0.5) is 0 Å². The highest BCUT2D eigenvalue weighted by Crippen LogP contribution is 2.34. The highest BCUT2D eigenvalue weighted by atomic mass is 14.9. The first kappa shape index (κ1) is 18.3. The van der Waals surface area contributed by atoms with Gasteiger partial charge in [0.15, 0.2) is 11.4 Å². The monoisotopic (exact) mass is 332 g/mol. The van der Waals surface area contributed by atoms with Gasteiger partial charge >= 0.3 is 0 Å². The molecule has 1 aliphatic rings. The van der Waals surface area contributed by atoms with Crippen LogP contribution in [0, 0.1) is 22.7 Å². The lowest BCUT2D eigenvalue weighted by Crippen LogP contribution is -2.17. The first-order valence-electron chi connectivity index (χ1n) is 7.96. The van der Waals surface area contributed by atoms with Crippen LogP contribution in [-0.4, -0.2) is 22.2 Å². The molecule has 6 nitrogen and oxygen atoms in total. The van der Waals surface area contributed by atoms with Crippen molar-refractivity contribution in [1.29, 1.82) is 10.5 Å². The molecule has 1 heterocycles. The highest BCUT2D eigenvalue weighted by Gasteiger charge is 2.27. The third-order valence-electron chi connectivity index (χ3n) is 4.33. The van der Waals surface area contributed by atoms with Crippen molar-refractivity contribution in [3.63, 3.8) is 0 Å². The number of hydrogen-bond acceptors (Lipinski definition) is 6. The van der Waals surface area contributed by atoms with Crippen LogP contribution < -0.4 is 5.73 Å². The molecule has 0 saturated carbocycles. The first-order chi connectivity index (χ1) is 11.9. The number of aromatic nitrogens is 2. The van der Waals surface area contributed by atoms with E-state index in [1.54, 1.807) is 0 Å². The van der Waals surface area contributed by atoms with Crippen LogP contribution in [0.25, 0.3) is 11.1 Å². The number of rotatable bonds is 3. The molecule has 0 radical (unpaired) electrons. The minimum Gasteiger partial charge on any atom is -0.327 e. The van der Waals surface area contributed by atoms with Gasteiger partial charge in [0.2, 0.25) is 0 Å². The molecule has 1 aromatic heterocycles. The Morgan fingerprint density at radius 3 is 2.16 bits per heavy atom. The fourth-order valence-corrected chi connectivity index (χ4v) is 2.64. The smallest absolute Gasteiger partial charge is 0.177 e. The Morgan fingerprint density at radius 2 is 1.68 bits per heavy atom. The third-order valence-corrected chi connectivity index (χ3v) is 4.33. The van der Waals surface area contributed by atoms with E-state index in [-0.39, 0.29) is 11.4 Å². The second-order valence-corrected chi connectivity index (χ2v) is 5.82. The summed E-state index contributed by atoms with van der Waals surface area (Å²) in [6.45, 7) is 12.4. The van der Waals surface area contributed by atoms with Gasteiger partial charge in [-0.15, -0.1) is 0 Å². The number of fused-ring (bicyclic) bond motifs is 1. The maximum absolute atomic E-state index is 9.21. The van der Waals surface area contributed by atoms with E-state index in [1.807, 2.05) is 39.8 Å². The number of nitrogens with zero attached hydrogens (tertiary/aromatic N) is 5. The summed E-state index contributed by atoms with van der Waals surface area (Å²) in [5.41, 5.74) is 11.9. The third kappa shape index (κ3) is 3.13. The molecule has 0 aliphatic heterocycles. The average molecular weight is 332 g/mol. The summed E-state index contributed by atoms with van der Waals surface area (Å²) in [5, 5.41) is 18.4. The van der Waals surface area contributed by atoms with Crippen LogP contribution in [0.3, 0.4) is 0 Å². The Hall–Kier alpha value is -3.09. The summed E-state index contributed by atoms with van der Waals surface area (Å²) >= 11 is 0. The van der Waals surface area contributed by atoms with E-state index < -0.39 is 0 Å². The van der Waals surface area contributed by atoms with Gasteiger partial charge < -0.3 is 5.73 Å². The minimum atomic E-state index is -0.00139. The molecule has 126 valence electrons. The zero-order chi connectivity index (χ0) is 18.7. The molecule has 25 heavy (non-hydrogen) atoms. The molecule has 0 amide bonds. The van der Waals surface area contributed by atoms with E-state index in [0.29, 0.717) is 23.5 Å². The summed E-state index contributed by atoms with van der Waals surface area (Å²) in [5.74, 6) is 0. The number of aliphatic imine (C=N–C) groups is 1. The highest BCUT2D eigenvalue weighted by molar-refractivity contribution is 6.35. The van der Waals surface area contributed by atoms with Crippen LogP contribution in [-0.2, 0) is 0 Å². The summed E-state index contributed by atoms with van der Waals surface area (Å²) in [4.78, 5) is 13.4. The van der Waals surface area contributed by atoms with E-state index in [9.17, 15) is 10.5 Å². The number of nitriles is 2. The van der Waals surface area contributed by atoms with E-state index in [2.05, 4.69) is 16.5 Å². The van der Waals surface area contributed by atoms with Crippen LogP contribution in [0.5, 0.6) is 0 Å². The second kappa shape index (κ2) is 7.21. The fourth-order valence-electron chi connectivity index (χ4n) is 2.64. The lowest BCUT2D eigenvalue weighted by Gasteiger charge is -2.22. The van der Waals surface area contributed by atoms with Crippen molar-refractivity contribution in [2.45, 2.75) is 34.1 Å². The Balaban J connectivity index is 2.76. The van der Waals surface area contributed by atoms with Crippen molar-refractivity contribution in [2.75, 3.05) is 6.54 Å². The van der Waals surface area contributed by atoms with Gasteiger partial charge in [-0.3, -0.25) is 4.99 Å². The Bertz CT molecular complexity index is 932. The number of allylic oxidation sites excluding steroid dienone is 4. The maximum atomic E-state index is 9.21. The van der Waals surface area contributed by atoms with Crippen LogP contribution in [0.1, 0.15) is 56.9 Å². The molecular formula is C19H20N6. The summed E-state index contributed by atoms with van der Waals surface area (Å²) < 4.78 is 0. The zero-order valence-corrected chi connectivity index (χ0v) is 14.9. The minimum absolute atomic E-state index is 0.00139. The Labute approximate surface area is 147 Å². The van der Waals surface area contributed by atoms with Gasteiger partial charge in [0.05, 0.1) is 17.1 Å². The van der Waals surface area contributed by atoms with E-state index in [1.165, 1.54) is 0 Å².